The predicted octanol–water partition coefficient (Wildman–Crippen LogP) is -0.108. The van der Waals surface area contributed by atoms with Crippen molar-refractivity contribution >= 4 is 12.6 Å². The molecule has 1 aliphatic rings. The second-order valence-electron chi connectivity index (χ2n) is 5.61. The number of benzene rings is 1. The molecule has 0 aromatic heterocycles. The maximum absolute atomic E-state index is 9.07. The van der Waals surface area contributed by atoms with Crippen LogP contribution in [0.15, 0.2) is 24.3 Å². The average Bonchev–Trinajstić information content (AvgIpc) is 2.39. The molecule has 0 spiro atoms. The van der Waals surface area contributed by atoms with Crippen LogP contribution in [0.2, 0.25) is 0 Å². The molecule has 2 rings (SSSR count). The minimum Gasteiger partial charge on any atom is -0.423 e. The summed E-state index contributed by atoms with van der Waals surface area (Å²) in [6.45, 7) is 3.19. The molecule has 0 saturated carbocycles. The lowest BCUT2D eigenvalue weighted by Gasteiger charge is -2.36. The summed E-state index contributed by atoms with van der Waals surface area (Å²) in [5, 5.41) is 18.1. The Balaban J connectivity index is 1.93. The summed E-state index contributed by atoms with van der Waals surface area (Å²) in [7, 11) is 2.92. The lowest BCUT2D eigenvalue weighted by molar-refractivity contribution is 0.128. The molecule has 1 aromatic rings. The summed E-state index contributed by atoms with van der Waals surface area (Å²) in [5.74, 6) is 0. The van der Waals surface area contributed by atoms with Gasteiger partial charge in [0.1, 0.15) is 0 Å². The van der Waals surface area contributed by atoms with Gasteiger partial charge in [-0.25, -0.2) is 0 Å². The summed E-state index contributed by atoms with van der Waals surface area (Å²) < 4.78 is 0. The molecule has 0 aliphatic carbocycles. The van der Waals surface area contributed by atoms with Crippen LogP contribution in [0.4, 0.5) is 0 Å². The van der Waals surface area contributed by atoms with Crippen LogP contribution >= 0.6 is 0 Å². The van der Waals surface area contributed by atoms with Crippen LogP contribution in [0.5, 0.6) is 0 Å². The Morgan fingerprint density at radius 2 is 1.95 bits per heavy atom. The van der Waals surface area contributed by atoms with Gasteiger partial charge in [-0.1, -0.05) is 24.3 Å². The van der Waals surface area contributed by atoms with E-state index in [2.05, 4.69) is 23.9 Å². The monoisotopic (exact) mass is 262 g/mol. The fraction of sp³-hybridized carbons (Fsp3) is 0.571. The first kappa shape index (κ1) is 14.5. The van der Waals surface area contributed by atoms with Crippen LogP contribution in [-0.2, 0) is 6.54 Å². The van der Waals surface area contributed by atoms with Crippen molar-refractivity contribution in [3.8, 4) is 0 Å². The third-order valence-electron chi connectivity index (χ3n) is 3.89. The lowest BCUT2D eigenvalue weighted by Crippen LogP contribution is -2.44. The summed E-state index contributed by atoms with van der Waals surface area (Å²) in [6.07, 6.45) is 2.52. The highest BCUT2D eigenvalue weighted by Crippen LogP contribution is 2.16. The number of likely N-dealkylation sites (tertiary alicyclic amines) is 1. The highest BCUT2D eigenvalue weighted by Gasteiger charge is 2.21. The predicted molar refractivity (Wildman–Crippen MR) is 78.3 cm³/mol. The summed E-state index contributed by atoms with van der Waals surface area (Å²) in [6, 6.07) is 8.18. The van der Waals surface area contributed by atoms with Crippen molar-refractivity contribution in [1.82, 2.24) is 9.80 Å². The Hall–Kier alpha value is -0.875. The molecule has 4 nitrogen and oxygen atoms in total. The Bertz CT molecular complexity index is 395. The van der Waals surface area contributed by atoms with E-state index in [0.717, 1.165) is 19.6 Å². The first-order chi connectivity index (χ1) is 9.06. The van der Waals surface area contributed by atoms with Gasteiger partial charge in [-0.15, -0.1) is 0 Å². The molecule has 0 radical (unpaired) electrons. The van der Waals surface area contributed by atoms with E-state index in [0.29, 0.717) is 11.5 Å². The molecule has 2 N–H and O–H groups in total. The van der Waals surface area contributed by atoms with E-state index in [-0.39, 0.29) is 0 Å². The van der Waals surface area contributed by atoms with Crippen molar-refractivity contribution in [2.45, 2.75) is 25.4 Å². The van der Waals surface area contributed by atoms with Crippen LogP contribution in [0.1, 0.15) is 18.4 Å². The highest BCUT2D eigenvalue weighted by atomic mass is 16.4. The van der Waals surface area contributed by atoms with Crippen molar-refractivity contribution < 1.29 is 10.0 Å². The van der Waals surface area contributed by atoms with Gasteiger partial charge in [-0.3, -0.25) is 4.90 Å². The van der Waals surface area contributed by atoms with Gasteiger partial charge in [0.15, 0.2) is 0 Å². The summed E-state index contributed by atoms with van der Waals surface area (Å²) >= 11 is 0. The topological polar surface area (TPSA) is 46.9 Å². The fourth-order valence-corrected chi connectivity index (χ4v) is 2.65. The van der Waals surface area contributed by atoms with Gasteiger partial charge < -0.3 is 14.9 Å². The molecular weight excluding hydrogens is 239 g/mol. The first-order valence-electron chi connectivity index (χ1n) is 6.90. The molecular formula is C14H23BN2O2. The molecule has 1 unspecified atom stereocenters. The number of hydrogen-bond acceptors (Lipinski definition) is 4. The van der Waals surface area contributed by atoms with Crippen LogP contribution < -0.4 is 5.46 Å². The lowest BCUT2D eigenvalue weighted by atomic mass is 9.80. The summed E-state index contributed by atoms with van der Waals surface area (Å²) in [4.78, 5) is 4.77. The number of hydrogen-bond donors (Lipinski definition) is 2. The number of rotatable bonds is 4. The second-order valence-corrected chi connectivity index (χ2v) is 5.61. The fourth-order valence-electron chi connectivity index (χ4n) is 2.65. The average molecular weight is 262 g/mol. The SMILES string of the molecule is CN(C)C1CCCN(Cc2ccc(B(O)O)cc2)C1. The van der Waals surface area contributed by atoms with Crippen LogP contribution in [0.3, 0.4) is 0 Å². The maximum Gasteiger partial charge on any atom is 0.488 e. The van der Waals surface area contributed by atoms with Crippen molar-refractivity contribution in [2.75, 3.05) is 27.2 Å². The maximum atomic E-state index is 9.07. The van der Waals surface area contributed by atoms with Gasteiger partial charge in [0.05, 0.1) is 0 Å². The quantitative estimate of drug-likeness (QED) is 0.743. The van der Waals surface area contributed by atoms with Crippen molar-refractivity contribution in [3.63, 3.8) is 0 Å². The molecule has 104 valence electrons. The van der Waals surface area contributed by atoms with E-state index in [1.54, 1.807) is 12.1 Å². The van der Waals surface area contributed by atoms with Gasteiger partial charge >= 0.3 is 7.12 Å². The number of likely N-dealkylation sites (N-methyl/N-ethyl adjacent to an activating group) is 1. The molecule has 1 saturated heterocycles. The Morgan fingerprint density at radius 3 is 2.53 bits per heavy atom. The second kappa shape index (κ2) is 6.52. The molecule has 1 aromatic carbocycles. The molecule has 1 atom stereocenters. The Morgan fingerprint density at radius 1 is 1.26 bits per heavy atom. The van der Waals surface area contributed by atoms with E-state index in [1.165, 1.54) is 18.4 Å². The van der Waals surface area contributed by atoms with Crippen molar-refractivity contribution in [2.24, 2.45) is 0 Å². The largest absolute Gasteiger partial charge is 0.488 e. The smallest absolute Gasteiger partial charge is 0.423 e. The van der Waals surface area contributed by atoms with E-state index < -0.39 is 7.12 Å². The Labute approximate surface area is 115 Å². The molecule has 0 bridgehead atoms. The van der Waals surface area contributed by atoms with E-state index in [9.17, 15) is 0 Å². The minimum atomic E-state index is -1.37. The van der Waals surface area contributed by atoms with E-state index >= 15 is 0 Å². The third-order valence-corrected chi connectivity index (χ3v) is 3.89. The van der Waals surface area contributed by atoms with Crippen molar-refractivity contribution in [3.05, 3.63) is 29.8 Å². The molecule has 1 heterocycles. The zero-order valence-corrected chi connectivity index (χ0v) is 11.8. The van der Waals surface area contributed by atoms with Crippen LogP contribution in [0.25, 0.3) is 0 Å². The van der Waals surface area contributed by atoms with Gasteiger partial charge in [-0.05, 0) is 44.5 Å². The van der Waals surface area contributed by atoms with Gasteiger partial charge in [-0.2, -0.15) is 0 Å². The first-order valence-corrected chi connectivity index (χ1v) is 6.90. The highest BCUT2D eigenvalue weighted by molar-refractivity contribution is 6.58. The number of nitrogens with zero attached hydrogens (tertiary/aromatic N) is 2. The van der Waals surface area contributed by atoms with Gasteiger partial charge in [0, 0.05) is 19.1 Å². The standard InChI is InChI=1S/C14H23BN2O2/c1-16(2)14-4-3-9-17(11-14)10-12-5-7-13(8-6-12)15(18)19/h5-8,14,18-19H,3-4,9-11H2,1-2H3. The summed E-state index contributed by atoms with van der Waals surface area (Å²) in [5.41, 5.74) is 1.78. The van der Waals surface area contributed by atoms with Gasteiger partial charge in [0.25, 0.3) is 0 Å². The normalized spacial score (nSPS) is 20.8. The van der Waals surface area contributed by atoms with Crippen LogP contribution in [-0.4, -0.2) is 60.2 Å². The minimum absolute atomic E-state index is 0.550. The molecule has 5 heteroatoms. The zero-order valence-electron chi connectivity index (χ0n) is 11.8. The van der Waals surface area contributed by atoms with E-state index in [4.69, 9.17) is 10.0 Å². The molecule has 19 heavy (non-hydrogen) atoms. The third kappa shape index (κ3) is 4.04. The number of piperidine rings is 1. The molecule has 0 amide bonds. The molecule has 1 fully saturated rings. The van der Waals surface area contributed by atoms with Crippen molar-refractivity contribution in [1.29, 1.82) is 0 Å². The van der Waals surface area contributed by atoms with Crippen LogP contribution in [0, 0.1) is 0 Å². The molecule has 1 aliphatic heterocycles. The Kier molecular flexibility index (Phi) is 4.99. The zero-order chi connectivity index (χ0) is 13.8. The van der Waals surface area contributed by atoms with E-state index in [1.807, 2.05) is 12.1 Å². The van der Waals surface area contributed by atoms with Gasteiger partial charge in [0.2, 0.25) is 0 Å².